The first-order valence-corrected chi connectivity index (χ1v) is 7.00. The van der Waals surface area contributed by atoms with E-state index < -0.39 is 0 Å². The molecule has 0 radical (unpaired) electrons. The maximum Gasteiger partial charge on any atom is 0.237 e. The van der Waals surface area contributed by atoms with Crippen LogP contribution in [0.25, 0.3) is 0 Å². The smallest absolute Gasteiger partial charge is 0.237 e. The van der Waals surface area contributed by atoms with E-state index in [4.69, 9.17) is 0 Å². The van der Waals surface area contributed by atoms with Crippen molar-refractivity contribution in [3.63, 3.8) is 0 Å². The third kappa shape index (κ3) is 5.07. The van der Waals surface area contributed by atoms with Gasteiger partial charge in [0, 0.05) is 5.54 Å². The molecular weight excluding hydrogens is 212 g/mol. The van der Waals surface area contributed by atoms with Gasteiger partial charge in [-0.1, -0.05) is 26.2 Å². The van der Waals surface area contributed by atoms with Gasteiger partial charge in [-0.2, -0.15) is 0 Å². The molecule has 0 aliphatic heterocycles. The van der Waals surface area contributed by atoms with E-state index in [1.807, 2.05) is 6.92 Å². The zero-order valence-electron chi connectivity index (χ0n) is 11.8. The SMILES string of the molecule is CCC(C)(C)NC(=O)C(C)NCCC1CCC1. The van der Waals surface area contributed by atoms with Crippen LogP contribution in [-0.2, 0) is 4.79 Å². The topological polar surface area (TPSA) is 41.1 Å². The number of carbonyl (C=O) groups is 1. The third-order valence-electron chi connectivity index (χ3n) is 3.97. The van der Waals surface area contributed by atoms with Crippen molar-refractivity contribution in [2.24, 2.45) is 5.92 Å². The van der Waals surface area contributed by atoms with Gasteiger partial charge < -0.3 is 10.6 Å². The number of hydrogen-bond acceptors (Lipinski definition) is 2. The van der Waals surface area contributed by atoms with E-state index in [1.54, 1.807) is 0 Å². The third-order valence-corrected chi connectivity index (χ3v) is 3.97. The Hall–Kier alpha value is -0.570. The van der Waals surface area contributed by atoms with Crippen LogP contribution in [-0.4, -0.2) is 24.0 Å². The Bertz CT molecular complexity index is 247. The zero-order chi connectivity index (χ0) is 12.9. The molecule has 0 aromatic heterocycles. The van der Waals surface area contributed by atoms with Crippen molar-refractivity contribution in [3.05, 3.63) is 0 Å². The van der Waals surface area contributed by atoms with Crippen LogP contribution in [0.15, 0.2) is 0 Å². The highest BCUT2D eigenvalue weighted by Crippen LogP contribution is 2.28. The highest BCUT2D eigenvalue weighted by molar-refractivity contribution is 5.81. The standard InChI is InChI=1S/C14H28N2O/c1-5-14(3,4)16-13(17)11(2)15-10-9-12-7-6-8-12/h11-12,15H,5-10H2,1-4H3,(H,16,17). The molecule has 1 unspecified atom stereocenters. The van der Waals surface area contributed by atoms with E-state index in [2.05, 4.69) is 31.4 Å². The van der Waals surface area contributed by atoms with E-state index in [0.717, 1.165) is 18.9 Å². The van der Waals surface area contributed by atoms with Crippen LogP contribution in [0.4, 0.5) is 0 Å². The first kappa shape index (κ1) is 14.5. The van der Waals surface area contributed by atoms with Gasteiger partial charge in [0.2, 0.25) is 5.91 Å². The van der Waals surface area contributed by atoms with Crippen LogP contribution in [0.1, 0.15) is 59.8 Å². The van der Waals surface area contributed by atoms with Crippen molar-refractivity contribution >= 4 is 5.91 Å². The molecule has 1 aliphatic rings. The molecule has 1 amide bonds. The molecule has 100 valence electrons. The average Bonchev–Trinajstić information content (AvgIpc) is 2.20. The Labute approximate surface area is 106 Å². The largest absolute Gasteiger partial charge is 0.350 e. The van der Waals surface area contributed by atoms with Crippen molar-refractivity contribution < 1.29 is 4.79 Å². The Morgan fingerprint density at radius 2 is 2.06 bits per heavy atom. The van der Waals surface area contributed by atoms with Gasteiger partial charge in [0.05, 0.1) is 6.04 Å². The molecule has 17 heavy (non-hydrogen) atoms. The lowest BCUT2D eigenvalue weighted by Gasteiger charge is -2.28. The normalized spacial score (nSPS) is 18.6. The van der Waals surface area contributed by atoms with E-state index in [9.17, 15) is 4.79 Å². The molecule has 1 atom stereocenters. The molecule has 1 fully saturated rings. The maximum atomic E-state index is 11.9. The summed E-state index contributed by atoms with van der Waals surface area (Å²) in [6, 6.07) is -0.0825. The summed E-state index contributed by atoms with van der Waals surface area (Å²) in [6.45, 7) is 9.13. The summed E-state index contributed by atoms with van der Waals surface area (Å²) in [5.74, 6) is 1.02. The monoisotopic (exact) mass is 240 g/mol. The van der Waals surface area contributed by atoms with E-state index in [-0.39, 0.29) is 17.5 Å². The average molecular weight is 240 g/mol. The molecule has 1 saturated carbocycles. The van der Waals surface area contributed by atoms with Gasteiger partial charge in [0.1, 0.15) is 0 Å². The van der Waals surface area contributed by atoms with Crippen molar-refractivity contribution in [2.75, 3.05) is 6.54 Å². The molecule has 3 nitrogen and oxygen atoms in total. The summed E-state index contributed by atoms with van der Waals surface area (Å²) in [7, 11) is 0. The Morgan fingerprint density at radius 3 is 2.53 bits per heavy atom. The number of rotatable bonds is 7. The summed E-state index contributed by atoms with van der Waals surface area (Å²) < 4.78 is 0. The second kappa shape index (κ2) is 6.39. The number of amides is 1. The lowest BCUT2D eigenvalue weighted by Crippen LogP contribution is -2.50. The van der Waals surface area contributed by atoms with Crippen LogP contribution in [0.5, 0.6) is 0 Å². The highest BCUT2D eigenvalue weighted by Gasteiger charge is 2.22. The van der Waals surface area contributed by atoms with Gasteiger partial charge in [-0.15, -0.1) is 0 Å². The van der Waals surface area contributed by atoms with Crippen LogP contribution in [0.3, 0.4) is 0 Å². The minimum absolute atomic E-state index is 0.0825. The number of nitrogens with one attached hydrogen (secondary N) is 2. The van der Waals surface area contributed by atoms with Gasteiger partial charge in [0.15, 0.2) is 0 Å². The molecule has 0 aromatic carbocycles. The molecule has 3 heteroatoms. The van der Waals surface area contributed by atoms with Crippen molar-refractivity contribution in [1.29, 1.82) is 0 Å². The lowest BCUT2D eigenvalue weighted by molar-refractivity contribution is -0.124. The van der Waals surface area contributed by atoms with Crippen LogP contribution >= 0.6 is 0 Å². The summed E-state index contributed by atoms with van der Waals surface area (Å²) in [5.41, 5.74) is -0.0962. The molecule has 1 aliphatic carbocycles. The fraction of sp³-hybridized carbons (Fsp3) is 0.929. The fourth-order valence-corrected chi connectivity index (χ4v) is 1.91. The maximum absolute atomic E-state index is 11.9. The van der Waals surface area contributed by atoms with Crippen molar-refractivity contribution in [2.45, 2.75) is 71.4 Å². The highest BCUT2D eigenvalue weighted by atomic mass is 16.2. The number of hydrogen-bond donors (Lipinski definition) is 2. The predicted molar refractivity (Wildman–Crippen MR) is 71.9 cm³/mol. The van der Waals surface area contributed by atoms with Crippen LogP contribution in [0, 0.1) is 5.92 Å². The second-order valence-corrected chi connectivity index (χ2v) is 5.99. The van der Waals surface area contributed by atoms with Gasteiger partial charge in [0.25, 0.3) is 0 Å². The summed E-state index contributed by atoms with van der Waals surface area (Å²) in [5, 5.41) is 6.39. The predicted octanol–water partition coefficient (Wildman–Crippen LogP) is 2.46. The molecule has 0 spiro atoms. The first-order chi connectivity index (χ1) is 7.94. The minimum Gasteiger partial charge on any atom is -0.350 e. The molecular formula is C14H28N2O. The van der Waals surface area contributed by atoms with Crippen molar-refractivity contribution in [1.82, 2.24) is 10.6 Å². The van der Waals surface area contributed by atoms with Crippen LogP contribution < -0.4 is 10.6 Å². The van der Waals surface area contributed by atoms with Crippen molar-refractivity contribution in [3.8, 4) is 0 Å². The molecule has 0 heterocycles. The molecule has 0 bridgehead atoms. The van der Waals surface area contributed by atoms with Gasteiger partial charge in [-0.05, 0) is 46.1 Å². The minimum atomic E-state index is -0.0962. The Morgan fingerprint density at radius 1 is 1.41 bits per heavy atom. The summed E-state index contributed by atoms with van der Waals surface area (Å²) in [4.78, 5) is 11.9. The van der Waals surface area contributed by atoms with Gasteiger partial charge >= 0.3 is 0 Å². The summed E-state index contributed by atoms with van der Waals surface area (Å²) >= 11 is 0. The van der Waals surface area contributed by atoms with E-state index in [1.165, 1.54) is 25.7 Å². The molecule has 1 rings (SSSR count). The molecule has 0 aromatic rings. The molecule has 2 N–H and O–H groups in total. The molecule has 0 saturated heterocycles. The van der Waals surface area contributed by atoms with E-state index in [0.29, 0.717) is 0 Å². The quantitative estimate of drug-likeness (QED) is 0.717. The number of carbonyl (C=O) groups excluding carboxylic acids is 1. The Kier molecular flexibility index (Phi) is 5.44. The zero-order valence-corrected chi connectivity index (χ0v) is 11.8. The Balaban J connectivity index is 2.16. The van der Waals surface area contributed by atoms with Gasteiger partial charge in [-0.25, -0.2) is 0 Å². The van der Waals surface area contributed by atoms with Gasteiger partial charge in [-0.3, -0.25) is 4.79 Å². The first-order valence-electron chi connectivity index (χ1n) is 7.00. The van der Waals surface area contributed by atoms with Crippen LogP contribution in [0.2, 0.25) is 0 Å². The summed E-state index contributed by atoms with van der Waals surface area (Å²) in [6.07, 6.45) is 6.32. The second-order valence-electron chi connectivity index (χ2n) is 5.99. The lowest BCUT2D eigenvalue weighted by atomic mass is 9.83. The fourth-order valence-electron chi connectivity index (χ4n) is 1.91. The van der Waals surface area contributed by atoms with E-state index >= 15 is 0 Å².